The Kier molecular flexibility index (Phi) is 65.5. The third-order valence-corrected chi connectivity index (χ3v) is 12.9. The number of carbonyl (C=O) groups is 3. The van der Waals surface area contributed by atoms with E-state index in [-0.39, 0.29) is 288 Å². The third-order valence-electron chi connectivity index (χ3n) is 12.9. The molecule has 0 fully saturated rings. The van der Waals surface area contributed by atoms with Crippen molar-refractivity contribution < 1.29 is 392 Å². The molecule has 0 aromatic rings. The van der Waals surface area contributed by atoms with Crippen molar-refractivity contribution in [2.24, 2.45) is 5.73 Å². The molecule has 522 valence electrons. The molecule has 0 amide bonds. The number of aliphatic hydroxyl groups is 12. The maximum Gasteiger partial charge on any atom is 0.373 e. The molecule has 40 heteroatoms. The van der Waals surface area contributed by atoms with Gasteiger partial charge in [-0.25, -0.2) is 33.6 Å². The Bertz CT molecular complexity index is 2620. The van der Waals surface area contributed by atoms with Crippen molar-refractivity contribution in [1.82, 2.24) is 37.2 Å². The van der Waals surface area contributed by atoms with Crippen molar-refractivity contribution in [2.75, 3.05) is 47.8 Å². The molecule has 6 radical (unpaired) electrons. The molecule has 0 bridgehead atoms. The molecule has 0 aromatic heterocycles. The maximum atomic E-state index is 11.8. The van der Waals surface area contributed by atoms with Gasteiger partial charge in [0.05, 0.1) is 127 Å². The maximum absolute atomic E-state index is 11.8. The number of ether oxygens (including phenoxy) is 7. The van der Waals surface area contributed by atoms with Crippen LogP contribution in [0.25, 0.3) is 0 Å². The van der Waals surface area contributed by atoms with Crippen molar-refractivity contribution in [2.45, 2.75) is 149 Å². The fraction of sp³-hybridized carbons (Fsp3) is 0.554. The summed E-state index contributed by atoms with van der Waals surface area (Å²) < 4.78 is 35.4. The Balaban J connectivity index is -0.000000276. The van der Waals surface area contributed by atoms with E-state index in [0.29, 0.717) is 22.9 Å². The summed E-state index contributed by atoms with van der Waals surface area (Å²) in [7, 11) is 3.48. The van der Waals surface area contributed by atoms with Crippen LogP contribution in [0.5, 0.6) is 0 Å². The second kappa shape index (κ2) is 58.6. The first-order valence-electron chi connectivity index (χ1n) is 27.0. The van der Waals surface area contributed by atoms with E-state index in [0.717, 1.165) is 31.9 Å². The molecule has 20 atom stereocenters. The van der Waals surface area contributed by atoms with Gasteiger partial charge in [-0.05, 0) is 52.0 Å². The van der Waals surface area contributed by atoms with E-state index in [4.69, 9.17) is 45.1 Å². The van der Waals surface area contributed by atoms with Crippen LogP contribution in [0.1, 0.15) is 27.7 Å². The number of esters is 3. The van der Waals surface area contributed by atoms with Gasteiger partial charge >= 0.3 is 17.9 Å². The molecule has 4 aliphatic rings. The zero-order chi connectivity index (χ0) is 68.5. The van der Waals surface area contributed by atoms with Crippen LogP contribution in [-0.2, 0) is 66.7 Å². The predicted octanol–water partition coefficient (Wildman–Crippen LogP) is -8.51. The van der Waals surface area contributed by atoms with E-state index >= 15 is 0 Å². The molecule has 21 N–H and O–H groups in total. The van der Waals surface area contributed by atoms with Crippen LogP contribution in [0.3, 0.4) is 0 Å². The number of hydrogen-bond acceptors (Lipinski definition) is 34. The minimum absolute atomic E-state index is 0. The molecular weight excluding hydrogens is 2560 g/mol. The van der Waals surface area contributed by atoms with E-state index in [1.807, 2.05) is 0 Å². The van der Waals surface area contributed by atoms with Crippen LogP contribution in [0, 0.1) is 264 Å². The van der Waals surface area contributed by atoms with Crippen LogP contribution in [-0.4, -0.2) is 272 Å². The van der Waals surface area contributed by atoms with Crippen LogP contribution < -0.4 is 43.0 Å². The summed E-state index contributed by atoms with van der Waals surface area (Å²) in [5.74, 6) is 3.76. The molecule has 16 unspecified atom stereocenters. The van der Waals surface area contributed by atoms with Gasteiger partial charge in [0, 0.05) is 281 Å². The number of carbonyl (C=O) groups excluding carboxylic acids is 7. The monoisotopic (exact) mass is 2650 g/mol. The Morgan fingerprint density at radius 3 is 0.927 bits per heavy atom. The number of aliphatic hydroxyl groups excluding tert-OH is 12. The minimum atomic E-state index is -1.55. The molecule has 4 rings (SSSR count). The van der Waals surface area contributed by atoms with E-state index < -0.39 is 160 Å². The van der Waals surface area contributed by atoms with Crippen LogP contribution in [0.4, 0.5) is 0 Å². The van der Waals surface area contributed by atoms with Gasteiger partial charge in [0.25, 0.3) is 0 Å². The van der Waals surface area contributed by atoms with Gasteiger partial charge in [-0.1, -0.05) is 19.7 Å². The van der Waals surface area contributed by atoms with Gasteiger partial charge in [-0.3, -0.25) is 0 Å². The molecule has 34 nitrogen and oxygen atoms in total. The zero-order valence-corrected chi connectivity index (χ0v) is 82.2. The van der Waals surface area contributed by atoms with Gasteiger partial charge in [0.2, 0.25) is 17.3 Å². The summed E-state index contributed by atoms with van der Waals surface area (Å²) in [5.41, 5.74) is 7.65. The van der Waals surface area contributed by atoms with Gasteiger partial charge in [-0.15, -0.1) is 0 Å². The van der Waals surface area contributed by atoms with Crippen molar-refractivity contribution in [1.29, 1.82) is 0 Å². The van der Waals surface area contributed by atoms with Gasteiger partial charge in [0.1, 0.15) is 97.0 Å². The predicted molar refractivity (Wildman–Crippen MR) is 312 cm³/mol. The number of hydrogen-bond donors (Lipinski definition) is 20. The topological polar surface area (TPSA) is 537 Å². The number of rotatable bonds is 29. The molecule has 0 aromatic carbocycles. The average molecular weight is 2650 g/mol. The van der Waals surface area contributed by atoms with Crippen molar-refractivity contribution in [3.63, 3.8) is 0 Å². The normalized spacial score (nSPS) is 24.6. The SMILES string of the molecule is C=C(C)NC1C=C(C(=O)OC)O[C@@H](C(O)C(O)CO)C1NC=C=O.C=C(C)NC1C=C(C(=O)OC)O[C@@H](C(O)C(O)CO)C1NC=C=O.C=C(C)NC1C=C(C)O[C@@H](C(O)C(O)CO)C1NC=C=O.COC(=O)C1=CC(N)C(NC=C=O)[C@H](C(O)C(O)CO)O1.[Ac].[Ac].[Ac].[Ac].[Ac].[Ac]. The Morgan fingerprint density at radius 1 is 0.458 bits per heavy atom. The van der Waals surface area contributed by atoms with E-state index in [2.05, 4.69) is 71.2 Å². The van der Waals surface area contributed by atoms with Crippen molar-refractivity contribution in [3.05, 3.63) is 109 Å². The third kappa shape index (κ3) is 36.4. The number of nitrogens with two attached hydrogens (primary N) is 1. The zero-order valence-electron chi connectivity index (χ0n) is 53.7. The Labute approximate surface area is 769 Å². The van der Waals surface area contributed by atoms with E-state index in [1.54, 1.807) is 39.7 Å². The molecule has 4 aliphatic heterocycles. The number of methoxy groups -OCH3 is 3. The molecule has 0 saturated heterocycles. The number of allylic oxidation sites excluding steroid dienone is 4. The quantitative estimate of drug-likeness (QED) is 0.0188. The molecule has 0 aliphatic carbocycles. The summed E-state index contributed by atoms with van der Waals surface area (Å²) >= 11 is 0. The van der Waals surface area contributed by atoms with Gasteiger partial charge in [-0.2, -0.15) is 0 Å². The second-order valence-electron chi connectivity index (χ2n) is 19.9. The second-order valence-corrected chi connectivity index (χ2v) is 19.9. The molecular formula is C56H84Ac6N8O26. The summed E-state index contributed by atoms with van der Waals surface area (Å²) in [5, 5.41) is 135. The van der Waals surface area contributed by atoms with Gasteiger partial charge in [0.15, 0.2) is 0 Å². The molecule has 0 spiro atoms. The summed E-state index contributed by atoms with van der Waals surface area (Å²) in [6.45, 7) is 15.3. The minimum Gasteiger partial charge on any atom is -0.490 e. The first-order chi connectivity index (χ1) is 42.6. The van der Waals surface area contributed by atoms with Gasteiger partial charge < -0.3 is 137 Å². The standard InChI is InChI=1S/2C15H22N2O7.C14H22N2O5.C12H18N2O7.6Ac/c2*1-8(2)17-9-6-11(15(22)23-3)24-14(12(9)16-4-5-18)13(21)10(20)7-19;1-8(2)16-10-6-9(3)21-14(12(10)15-4-5-17)13(20)11(19)7-18;1-20-12(19)8-4-6(13)9(14-2-3-15)11(21-8)10(18)7(17)5-16;;;;;;/h2*4,6,9-10,12-14,16-17,19-21H,1,7H2,2-3H3;4,6,10-16,18-20H,1,7H2,2-3H3;2,4,6-7,9-11,14,16-18H,5,13H2,1H3;;;;;;/t2*9?,10?,12?,13?,14-;10?,11?,12?,13?,14-;6?,7?,9?,10?,11-;;;;;;/m1111....../s1. The van der Waals surface area contributed by atoms with Crippen molar-refractivity contribution >= 4 is 41.7 Å². The van der Waals surface area contributed by atoms with Crippen LogP contribution >= 0.6 is 0 Å². The molecule has 0 saturated carbocycles. The average Bonchev–Trinajstić information content (AvgIpc) is 0.837. The smallest absolute Gasteiger partial charge is 0.373 e. The van der Waals surface area contributed by atoms with Crippen LogP contribution in [0.2, 0.25) is 0 Å². The molecule has 4 heterocycles. The Hall–Kier alpha value is 0.319. The first kappa shape index (κ1) is 107. The molecule has 96 heavy (non-hydrogen) atoms. The fourth-order valence-corrected chi connectivity index (χ4v) is 8.76. The van der Waals surface area contributed by atoms with Crippen molar-refractivity contribution in [3.8, 4) is 0 Å². The Morgan fingerprint density at radius 2 is 0.688 bits per heavy atom. The largest absolute Gasteiger partial charge is 0.490 e. The summed E-state index contributed by atoms with van der Waals surface area (Å²) in [4.78, 5) is 76.7. The summed E-state index contributed by atoms with van der Waals surface area (Å²) in [6.07, 6.45) is -6.45. The first-order valence-corrected chi connectivity index (χ1v) is 27.0. The van der Waals surface area contributed by atoms with E-state index in [9.17, 15) is 74.4 Å². The summed E-state index contributed by atoms with van der Waals surface area (Å²) in [6, 6.07) is -5.30. The van der Waals surface area contributed by atoms with Crippen LogP contribution in [0.15, 0.2) is 109 Å². The fourth-order valence-electron chi connectivity index (χ4n) is 8.76. The number of nitrogens with one attached hydrogen (secondary N) is 7. The van der Waals surface area contributed by atoms with E-state index in [1.165, 1.54) is 50.3 Å².